The van der Waals surface area contributed by atoms with E-state index in [-0.39, 0.29) is 0 Å². The van der Waals surface area contributed by atoms with E-state index in [2.05, 4.69) is 31.1 Å². The molecule has 104 valence electrons. The summed E-state index contributed by atoms with van der Waals surface area (Å²) in [6.45, 7) is 7.80. The van der Waals surface area contributed by atoms with Crippen LogP contribution in [0.3, 0.4) is 0 Å². The summed E-state index contributed by atoms with van der Waals surface area (Å²) in [5.74, 6) is 0.674. The predicted octanol–water partition coefficient (Wildman–Crippen LogP) is 1.92. The van der Waals surface area contributed by atoms with Gasteiger partial charge in [-0.2, -0.15) is 0 Å². The molecule has 0 aliphatic heterocycles. The van der Waals surface area contributed by atoms with Gasteiger partial charge in [0.2, 0.25) is 0 Å². The van der Waals surface area contributed by atoms with Crippen molar-refractivity contribution >= 4 is 0 Å². The van der Waals surface area contributed by atoms with Gasteiger partial charge in [-0.05, 0) is 32.1 Å². The highest BCUT2D eigenvalue weighted by atomic mass is 16.5. The summed E-state index contributed by atoms with van der Waals surface area (Å²) in [5, 5.41) is 8.44. The Bertz CT molecular complexity index is 349. The maximum absolute atomic E-state index is 5.73. The summed E-state index contributed by atoms with van der Waals surface area (Å²) in [7, 11) is 1.72. The van der Waals surface area contributed by atoms with Crippen molar-refractivity contribution in [2.24, 2.45) is 11.7 Å². The predicted molar refractivity (Wildman–Crippen MR) is 72.3 cm³/mol. The Balaban J connectivity index is 2.79. The molecule has 1 rings (SSSR count). The van der Waals surface area contributed by atoms with Gasteiger partial charge >= 0.3 is 0 Å². The fraction of sp³-hybridized carbons (Fsp3) is 0.846. The topological polar surface area (TPSA) is 66.0 Å². The lowest BCUT2D eigenvalue weighted by Gasteiger charge is -2.15. The van der Waals surface area contributed by atoms with Crippen LogP contribution in [0.2, 0.25) is 0 Å². The zero-order valence-corrected chi connectivity index (χ0v) is 12.0. The third-order valence-corrected chi connectivity index (χ3v) is 3.18. The van der Waals surface area contributed by atoms with Crippen LogP contribution >= 0.6 is 0 Å². The molecule has 0 radical (unpaired) electrons. The molecule has 1 atom stereocenters. The third kappa shape index (κ3) is 4.07. The van der Waals surface area contributed by atoms with E-state index in [1.807, 2.05) is 4.68 Å². The highest BCUT2D eigenvalue weighted by Gasteiger charge is 2.16. The number of rotatable bonds is 8. The van der Waals surface area contributed by atoms with Crippen LogP contribution in [0.4, 0.5) is 0 Å². The lowest BCUT2D eigenvalue weighted by atomic mass is 10.0. The zero-order chi connectivity index (χ0) is 13.5. The molecule has 0 spiro atoms. The Kier molecular flexibility index (Phi) is 6.29. The second kappa shape index (κ2) is 7.48. The van der Waals surface area contributed by atoms with Gasteiger partial charge in [0.05, 0.1) is 17.4 Å². The summed E-state index contributed by atoms with van der Waals surface area (Å²) in [6.07, 6.45) is 3.07. The molecule has 18 heavy (non-hydrogen) atoms. The number of aromatic nitrogens is 3. The molecular weight excluding hydrogens is 228 g/mol. The molecule has 5 heteroatoms. The van der Waals surface area contributed by atoms with Gasteiger partial charge in [0.25, 0.3) is 0 Å². The summed E-state index contributed by atoms with van der Waals surface area (Å²) in [6, 6.07) is 0.305. The first-order chi connectivity index (χ1) is 8.60. The van der Waals surface area contributed by atoms with Crippen molar-refractivity contribution in [3.63, 3.8) is 0 Å². The average molecular weight is 254 g/mol. The van der Waals surface area contributed by atoms with Crippen LogP contribution in [0.25, 0.3) is 0 Å². The fourth-order valence-electron chi connectivity index (χ4n) is 1.95. The smallest absolute Gasteiger partial charge is 0.0994 e. The van der Waals surface area contributed by atoms with E-state index in [4.69, 9.17) is 10.5 Å². The van der Waals surface area contributed by atoms with Gasteiger partial charge in [-0.3, -0.25) is 0 Å². The van der Waals surface area contributed by atoms with Crippen molar-refractivity contribution in [2.45, 2.75) is 52.6 Å². The van der Waals surface area contributed by atoms with E-state index in [1.54, 1.807) is 7.11 Å². The molecule has 5 nitrogen and oxygen atoms in total. The first-order valence-electron chi connectivity index (χ1n) is 6.72. The highest BCUT2D eigenvalue weighted by Crippen LogP contribution is 2.18. The van der Waals surface area contributed by atoms with Crippen molar-refractivity contribution in [1.29, 1.82) is 0 Å². The normalized spacial score (nSPS) is 13.2. The van der Waals surface area contributed by atoms with Crippen LogP contribution in [0.15, 0.2) is 0 Å². The second-order valence-corrected chi connectivity index (χ2v) is 5.19. The lowest BCUT2D eigenvalue weighted by Crippen LogP contribution is -2.14. The molecule has 0 bridgehead atoms. The molecule has 1 unspecified atom stereocenters. The van der Waals surface area contributed by atoms with Crippen LogP contribution < -0.4 is 5.73 Å². The maximum atomic E-state index is 5.73. The van der Waals surface area contributed by atoms with Crippen LogP contribution in [-0.2, 0) is 17.7 Å². The summed E-state index contributed by atoms with van der Waals surface area (Å²) < 4.78 is 7.14. The fourth-order valence-corrected chi connectivity index (χ4v) is 1.95. The van der Waals surface area contributed by atoms with Gasteiger partial charge < -0.3 is 10.5 Å². The highest BCUT2D eigenvalue weighted by molar-refractivity contribution is 5.11. The minimum Gasteiger partial charge on any atom is -0.385 e. The number of nitrogens with zero attached hydrogens (tertiary/aromatic N) is 3. The molecule has 2 N–H and O–H groups in total. The molecule has 0 aliphatic carbocycles. The molecule has 0 fully saturated rings. The Morgan fingerprint density at radius 1 is 1.28 bits per heavy atom. The van der Waals surface area contributed by atoms with Gasteiger partial charge in [-0.15, -0.1) is 5.10 Å². The van der Waals surface area contributed by atoms with E-state index < -0.39 is 0 Å². The van der Waals surface area contributed by atoms with E-state index in [0.29, 0.717) is 18.5 Å². The van der Waals surface area contributed by atoms with Crippen molar-refractivity contribution in [2.75, 3.05) is 13.7 Å². The number of methoxy groups -OCH3 is 1. The van der Waals surface area contributed by atoms with Crippen LogP contribution in [0, 0.1) is 5.92 Å². The SMILES string of the molecule is COCCC(C)n1nnc(CN)c1CCC(C)C. The molecule has 0 amide bonds. The zero-order valence-electron chi connectivity index (χ0n) is 12.0. The van der Waals surface area contributed by atoms with Crippen LogP contribution in [-0.4, -0.2) is 28.7 Å². The third-order valence-electron chi connectivity index (χ3n) is 3.18. The largest absolute Gasteiger partial charge is 0.385 e. The first kappa shape index (κ1) is 15.1. The summed E-state index contributed by atoms with van der Waals surface area (Å²) >= 11 is 0. The van der Waals surface area contributed by atoms with Crippen molar-refractivity contribution in [3.8, 4) is 0 Å². The van der Waals surface area contributed by atoms with Crippen LogP contribution in [0.5, 0.6) is 0 Å². The monoisotopic (exact) mass is 254 g/mol. The number of hydrogen-bond donors (Lipinski definition) is 1. The minimum atomic E-state index is 0.305. The molecule has 1 aromatic heterocycles. The molecule has 1 aromatic rings. The van der Waals surface area contributed by atoms with E-state index in [1.165, 1.54) is 5.69 Å². The molecule has 1 heterocycles. The maximum Gasteiger partial charge on any atom is 0.0994 e. The van der Waals surface area contributed by atoms with Gasteiger partial charge in [0.15, 0.2) is 0 Å². The van der Waals surface area contributed by atoms with Gasteiger partial charge in [0.1, 0.15) is 0 Å². The lowest BCUT2D eigenvalue weighted by molar-refractivity contribution is 0.177. The molecular formula is C13H26N4O. The van der Waals surface area contributed by atoms with E-state index in [9.17, 15) is 0 Å². The standard InChI is InChI=1S/C13H26N4O/c1-10(2)5-6-13-12(9-14)15-16-17(13)11(3)7-8-18-4/h10-11H,5-9,14H2,1-4H3. The van der Waals surface area contributed by atoms with E-state index in [0.717, 1.165) is 31.6 Å². The van der Waals surface area contributed by atoms with Crippen molar-refractivity contribution < 1.29 is 4.74 Å². The molecule has 0 saturated heterocycles. The van der Waals surface area contributed by atoms with Crippen LogP contribution in [0.1, 0.15) is 51.0 Å². The molecule has 0 aliphatic rings. The number of ether oxygens (including phenoxy) is 1. The Hall–Kier alpha value is -0.940. The minimum absolute atomic E-state index is 0.305. The van der Waals surface area contributed by atoms with Crippen molar-refractivity contribution in [3.05, 3.63) is 11.4 Å². The van der Waals surface area contributed by atoms with E-state index >= 15 is 0 Å². The second-order valence-electron chi connectivity index (χ2n) is 5.19. The van der Waals surface area contributed by atoms with Gasteiger partial charge in [-0.1, -0.05) is 19.1 Å². The number of nitrogens with two attached hydrogens (primary N) is 1. The number of hydrogen-bond acceptors (Lipinski definition) is 4. The Morgan fingerprint density at radius 2 is 2.00 bits per heavy atom. The quantitative estimate of drug-likeness (QED) is 0.769. The first-order valence-corrected chi connectivity index (χ1v) is 6.72. The summed E-state index contributed by atoms with van der Waals surface area (Å²) in [4.78, 5) is 0. The molecule has 0 saturated carbocycles. The molecule has 0 aromatic carbocycles. The Morgan fingerprint density at radius 3 is 2.56 bits per heavy atom. The summed E-state index contributed by atoms with van der Waals surface area (Å²) in [5.41, 5.74) is 7.85. The Labute approximate surface area is 110 Å². The average Bonchev–Trinajstić information content (AvgIpc) is 2.76. The van der Waals surface area contributed by atoms with Crippen molar-refractivity contribution in [1.82, 2.24) is 15.0 Å². The van der Waals surface area contributed by atoms with Gasteiger partial charge in [-0.25, -0.2) is 4.68 Å². The van der Waals surface area contributed by atoms with Gasteiger partial charge in [0, 0.05) is 20.3 Å².